The maximum atomic E-state index is 10.1. The van der Waals surface area contributed by atoms with Crippen molar-refractivity contribution in [1.82, 2.24) is 5.32 Å². The Morgan fingerprint density at radius 2 is 2.08 bits per heavy atom. The number of carbonyl (C=O) groups is 1. The van der Waals surface area contributed by atoms with Gasteiger partial charge in [0, 0.05) is 0 Å². The third kappa shape index (κ3) is 9.25. The first-order valence-electron chi connectivity index (χ1n) is 3.74. The SMILES string of the molecule is CS(N)(=O)=O.O=C(O)[C@@H]1CCCN1. The van der Waals surface area contributed by atoms with Crippen LogP contribution in [0.4, 0.5) is 0 Å². The molecule has 0 amide bonds. The van der Waals surface area contributed by atoms with Crippen LogP contribution in [0.5, 0.6) is 0 Å². The molecule has 0 aromatic heterocycles. The van der Waals surface area contributed by atoms with E-state index in [9.17, 15) is 13.2 Å². The molecule has 1 heterocycles. The first-order chi connectivity index (χ1) is 5.80. The van der Waals surface area contributed by atoms with Gasteiger partial charge < -0.3 is 10.4 Å². The van der Waals surface area contributed by atoms with Crippen LogP contribution in [0.25, 0.3) is 0 Å². The molecular formula is C6H14N2O4S. The summed E-state index contributed by atoms with van der Waals surface area (Å²) in [5.41, 5.74) is 0. The highest BCUT2D eigenvalue weighted by Crippen LogP contribution is 2.03. The van der Waals surface area contributed by atoms with Crippen LogP contribution in [0.1, 0.15) is 12.8 Å². The summed E-state index contributed by atoms with van der Waals surface area (Å²) in [6.07, 6.45) is 2.72. The van der Waals surface area contributed by atoms with Crippen LogP contribution in [0.15, 0.2) is 0 Å². The van der Waals surface area contributed by atoms with E-state index >= 15 is 0 Å². The second-order valence-electron chi connectivity index (χ2n) is 2.82. The van der Waals surface area contributed by atoms with Gasteiger partial charge in [0.05, 0.1) is 6.26 Å². The van der Waals surface area contributed by atoms with Gasteiger partial charge in [0.25, 0.3) is 0 Å². The highest BCUT2D eigenvalue weighted by molar-refractivity contribution is 7.88. The van der Waals surface area contributed by atoms with E-state index in [2.05, 4.69) is 10.5 Å². The van der Waals surface area contributed by atoms with Gasteiger partial charge in [0.2, 0.25) is 10.0 Å². The number of sulfonamides is 1. The lowest BCUT2D eigenvalue weighted by Crippen LogP contribution is -2.29. The van der Waals surface area contributed by atoms with Gasteiger partial charge in [-0.15, -0.1) is 0 Å². The molecule has 0 saturated carbocycles. The summed E-state index contributed by atoms with van der Waals surface area (Å²) in [4.78, 5) is 10.1. The molecule has 78 valence electrons. The van der Waals surface area contributed by atoms with Gasteiger partial charge in [0.1, 0.15) is 6.04 Å². The van der Waals surface area contributed by atoms with Crippen molar-refractivity contribution in [3.63, 3.8) is 0 Å². The van der Waals surface area contributed by atoms with Crippen LogP contribution in [0.3, 0.4) is 0 Å². The molecule has 1 rings (SSSR count). The summed E-state index contributed by atoms with van der Waals surface area (Å²) < 4.78 is 18.8. The summed E-state index contributed by atoms with van der Waals surface area (Å²) in [6.45, 7) is 0.858. The van der Waals surface area contributed by atoms with Crippen LogP contribution in [0, 0.1) is 0 Å². The predicted molar refractivity (Wildman–Crippen MR) is 47.7 cm³/mol. The summed E-state index contributed by atoms with van der Waals surface area (Å²) in [6, 6.07) is -0.269. The largest absolute Gasteiger partial charge is 0.480 e. The number of aliphatic carboxylic acids is 1. The predicted octanol–water partition coefficient (Wildman–Crippen LogP) is -1.27. The monoisotopic (exact) mass is 210 g/mol. The van der Waals surface area contributed by atoms with E-state index in [0.717, 1.165) is 25.6 Å². The van der Waals surface area contributed by atoms with E-state index in [1.54, 1.807) is 0 Å². The van der Waals surface area contributed by atoms with Crippen molar-refractivity contribution in [2.45, 2.75) is 18.9 Å². The fraction of sp³-hybridized carbons (Fsp3) is 0.833. The van der Waals surface area contributed by atoms with Crippen LogP contribution in [0.2, 0.25) is 0 Å². The fourth-order valence-electron chi connectivity index (χ4n) is 0.895. The van der Waals surface area contributed by atoms with Gasteiger partial charge in [-0.05, 0) is 19.4 Å². The lowest BCUT2D eigenvalue weighted by molar-refractivity contribution is -0.139. The summed E-state index contributed by atoms with van der Waals surface area (Å²) in [5, 5.41) is 15.5. The van der Waals surface area contributed by atoms with Gasteiger partial charge in [-0.1, -0.05) is 0 Å². The molecule has 4 N–H and O–H groups in total. The Balaban J connectivity index is 0.000000252. The van der Waals surface area contributed by atoms with Crippen molar-refractivity contribution in [2.75, 3.05) is 12.8 Å². The molecule has 0 radical (unpaired) electrons. The Bertz CT molecular complexity index is 248. The average Bonchev–Trinajstić information content (AvgIpc) is 2.31. The van der Waals surface area contributed by atoms with Crippen LogP contribution >= 0.6 is 0 Å². The fourth-order valence-corrected chi connectivity index (χ4v) is 0.895. The molecule has 7 heteroatoms. The number of rotatable bonds is 1. The smallest absolute Gasteiger partial charge is 0.320 e. The number of primary sulfonamides is 1. The number of carboxylic acids is 1. The molecule has 0 aromatic carbocycles. The molecule has 0 aliphatic carbocycles. The summed E-state index contributed by atoms with van der Waals surface area (Å²) >= 11 is 0. The standard InChI is InChI=1S/C5H9NO2.CH5NO2S/c7-5(8)4-2-1-3-6-4;1-5(2,3)4/h4,6H,1-3H2,(H,7,8);1H3,(H2,2,3,4)/t4-;/m0./s1. The Kier molecular flexibility index (Phi) is 4.89. The summed E-state index contributed by atoms with van der Waals surface area (Å²) in [5.74, 6) is -0.720. The number of hydrogen-bond donors (Lipinski definition) is 3. The molecule has 6 nitrogen and oxygen atoms in total. The zero-order chi connectivity index (χ0) is 10.5. The van der Waals surface area contributed by atoms with Crippen molar-refractivity contribution >= 4 is 16.0 Å². The van der Waals surface area contributed by atoms with E-state index in [1.165, 1.54) is 0 Å². The second-order valence-corrected chi connectivity index (χ2v) is 4.48. The van der Waals surface area contributed by atoms with Crippen LogP contribution in [-0.4, -0.2) is 38.3 Å². The molecule has 0 unspecified atom stereocenters. The highest BCUT2D eigenvalue weighted by atomic mass is 32.2. The van der Waals surface area contributed by atoms with E-state index in [0.29, 0.717) is 0 Å². The summed E-state index contributed by atoms with van der Waals surface area (Å²) in [7, 11) is -3.17. The van der Waals surface area contributed by atoms with Gasteiger partial charge in [0.15, 0.2) is 0 Å². The maximum absolute atomic E-state index is 10.1. The molecular weight excluding hydrogens is 196 g/mol. The van der Waals surface area contributed by atoms with Crippen molar-refractivity contribution < 1.29 is 18.3 Å². The molecule has 1 saturated heterocycles. The first kappa shape index (κ1) is 12.3. The zero-order valence-electron chi connectivity index (χ0n) is 7.36. The normalized spacial score (nSPS) is 21.8. The lowest BCUT2D eigenvalue weighted by Gasteiger charge is -1.99. The van der Waals surface area contributed by atoms with E-state index in [1.807, 2.05) is 0 Å². The Morgan fingerprint density at radius 3 is 2.23 bits per heavy atom. The molecule has 1 atom stereocenters. The topological polar surface area (TPSA) is 109 Å². The third-order valence-corrected chi connectivity index (χ3v) is 1.36. The number of hydrogen-bond acceptors (Lipinski definition) is 4. The zero-order valence-corrected chi connectivity index (χ0v) is 8.17. The third-order valence-electron chi connectivity index (χ3n) is 1.36. The molecule has 0 aromatic rings. The molecule has 13 heavy (non-hydrogen) atoms. The van der Waals surface area contributed by atoms with Crippen molar-refractivity contribution in [3.8, 4) is 0 Å². The Morgan fingerprint density at radius 1 is 1.62 bits per heavy atom. The Labute approximate surface area is 77.2 Å². The second kappa shape index (κ2) is 5.15. The molecule has 1 aliphatic rings. The molecule has 1 aliphatic heterocycles. The van der Waals surface area contributed by atoms with Crippen molar-refractivity contribution in [2.24, 2.45) is 5.14 Å². The number of nitrogens with one attached hydrogen (secondary N) is 1. The van der Waals surface area contributed by atoms with E-state index in [4.69, 9.17) is 5.11 Å². The Hall–Kier alpha value is -0.660. The van der Waals surface area contributed by atoms with Gasteiger partial charge in [-0.3, -0.25) is 4.79 Å². The van der Waals surface area contributed by atoms with Crippen molar-refractivity contribution in [3.05, 3.63) is 0 Å². The number of nitrogens with two attached hydrogens (primary N) is 1. The van der Waals surface area contributed by atoms with Crippen LogP contribution < -0.4 is 10.5 Å². The number of carboxylic acid groups (broad SMARTS) is 1. The van der Waals surface area contributed by atoms with Gasteiger partial charge in [-0.25, -0.2) is 13.6 Å². The minimum absolute atomic E-state index is 0.269. The van der Waals surface area contributed by atoms with Gasteiger partial charge in [-0.2, -0.15) is 0 Å². The first-order valence-corrected chi connectivity index (χ1v) is 5.70. The molecule has 0 bridgehead atoms. The molecule has 1 fully saturated rings. The minimum Gasteiger partial charge on any atom is -0.480 e. The average molecular weight is 210 g/mol. The maximum Gasteiger partial charge on any atom is 0.320 e. The van der Waals surface area contributed by atoms with Crippen molar-refractivity contribution in [1.29, 1.82) is 0 Å². The minimum atomic E-state index is -3.17. The lowest BCUT2D eigenvalue weighted by atomic mass is 10.2. The molecule has 0 spiro atoms. The van der Waals surface area contributed by atoms with Gasteiger partial charge >= 0.3 is 5.97 Å². The quantitative estimate of drug-likeness (QED) is 0.500. The van der Waals surface area contributed by atoms with Crippen LogP contribution in [-0.2, 0) is 14.8 Å². The van der Waals surface area contributed by atoms with E-state index < -0.39 is 16.0 Å². The van der Waals surface area contributed by atoms with E-state index in [-0.39, 0.29) is 6.04 Å². The highest BCUT2D eigenvalue weighted by Gasteiger charge is 2.20.